The summed E-state index contributed by atoms with van der Waals surface area (Å²) < 4.78 is 34.7. The van der Waals surface area contributed by atoms with Crippen molar-refractivity contribution in [2.24, 2.45) is 0 Å². The first-order valence-corrected chi connectivity index (χ1v) is 8.60. The van der Waals surface area contributed by atoms with E-state index < -0.39 is 0 Å². The summed E-state index contributed by atoms with van der Waals surface area (Å²) in [6.07, 6.45) is 0. The number of hydrogen-bond acceptors (Lipinski definition) is 7. The van der Waals surface area contributed by atoms with Crippen molar-refractivity contribution in [1.82, 2.24) is 15.0 Å². The van der Waals surface area contributed by atoms with Gasteiger partial charge in [0.2, 0.25) is 11.7 Å². The van der Waals surface area contributed by atoms with Crippen LogP contribution in [-0.2, 0) is 13.1 Å². The van der Waals surface area contributed by atoms with Gasteiger partial charge in [-0.3, -0.25) is 4.90 Å². The lowest BCUT2D eigenvalue weighted by Gasteiger charge is -2.14. The number of aromatic nitrogens is 2. The molecule has 0 amide bonds. The van der Waals surface area contributed by atoms with Crippen molar-refractivity contribution >= 4 is 0 Å². The molecule has 0 saturated heterocycles. The van der Waals surface area contributed by atoms with E-state index in [1.807, 2.05) is 24.1 Å². The summed E-state index contributed by atoms with van der Waals surface area (Å²) in [5.41, 5.74) is 1.52. The molecular formula is C20H22FN3O4. The number of ether oxygens (including phenoxy) is 3. The van der Waals surface area contributed by atoms with E-state index in [4.69, 9.17) is 18.7 Å². The van der Waals surface area contributed by atoms with Gasteiger partial charge in [-0.15, -0.1) is 0 Å². The fourth-order valence-corrected chi connectivity index (χ4v) is 2.82. The predicted molar refractivity (Wildman–Crippen MR) is 101 cm³/mol. The minimum Gasteiger partial charge on any atom is -0.497 e. The molecule has 148 valence electrons. The highest BCUT2D eigenvalue weighted by atomic mass is 19.1. The van der Waals surface area contributed by atoms with Crippen molar-refractivity contribution in [2.75, 3.05) is 28.4 Å². The monoisotopic (exact) mass is 387 g/mol. The highest BCUT2D eigenvalue weighted by molar-refractivity contribution is 5.65. The molecule has 0 aliphatic carbocycles. The van der Waals surface area contributed by atoms with E-state index in [9.17, 15) is 4.39 Å². The van der Waals surface area contributed by atoms with Crippen LogP contribution in [-0.4, -0.2) is 43.4 Å². The lowest BCUT2D eigenvalue weighted by molar-refractivity contribution is 0.260. The van der Waals surface area contributed by atoms with Crippen LogP contribution >= 0.6 is 0 Å². The molecule has 8 heteroatoms. The first-order chi connectivity index (χ1) is 13.5. The van der Waals surface area contributed by atoms with E-state index in [-0.39, 0.29) is 11.6 Å². The highest BCUT2D eigenvalue weighted by Crippen LogP contribution is 2.31. The Morgan fingerprint density at radius 3 is 2.43 bits per heavy atom. The third-order valence-electron chi connectivity index (χ3n) is 4.19. The summed E-state index contributed by atoms with van der Waals surface area (Å²) in [7, 11) is 6.49. The van der Waals surface area contributed by atoms with Crippen molar-refractivity contribution < 1.29 is 23.1 Å². The second-order valence-electron chi connectivity index (χ2n) is 6.22. The van der Waals surface area contributed by atoms with Crippen LogP contribution in [0.25, 0.3) is 11.4 Å². The lowest BCUT2D eigenvalue weighted by Crippen LogP contribution is -2.17. The number of nitrogens with zero attached hydrogens (tertiary/aromatic N) is 3. The summed E-state index contributed by atoms with van der Waals surface area (Å²) in [6.45, 7) is 0.934. The van der Waals surface area contributed by atoms with E-state index in [2.05, 4.69) is 10.1 Å². The topological polar surface area (TPSA) is 69.9 Å². The van der Waals surface area contributed by atoms with Crippen LogP contribution < -0.4 is 14.2 Å². The molecule has 0 atom stereocenters. The van der Waals surface area contributed by atoms with Crippen LogP contribution in [0.15, 0.2) is 40.9 Å². The van der Waals surface area contributed by atoms with Gasteiger partial charge in [-0.1, -0.05) is 11.2 Å². The zero-order valence-electron chi connectivity index (χ0n) is 16.2. The first kappa shape index (κ1) is 19.6. The minimum absolute atomic E-state index is 0.224. The van der Waals surface area contributed by atoms with Crippen LogP contribution in [0, 0.1) is 5.82 Å². The lowest BCUT2D eigenvalue weighted by atomic mass is 10.2. The summed E-state index contributed by atoms with van der Waals surface area (Å²) >= 11 is 0. The number of methoxy groups -OCH3 is 3. The van der Waals surface area contributed by atoms with Crippen LogP contribution in [0.2, 0.25) is 0 Å². The van der Waals surface area contributed by atoms with Gasteiger partial charge in [0.1, 0.15) is 11.5 Å². The normalized spacial score (nSPS) is 10.9. The van der Waals surface area contributed by atoms with Crippen molar-refractivity contribution in [2.45, 2.75) is 13.1 Å². The van der Waals surface area contributed by atoms with Crippen LogP contribution in [0.3, 0.4) is 0 Å². The number of rotatable bonds is 8. The largest absolute Gasteiger partial charge is 0.497 e. The molecule has 0 radical (unpaired) electrons. The fraction of sp³-hybridized carbons (Fsp3) is 0.300. The Kier molecular flexibility index (Phi) is 6.10. The molecule has 0 unspecified atom stereocenters. The van der Waals surface area contributed by atoms with Gasteiger partial charge in [0, 0.05) is 12.6 Å². The first-order valence-electron chi connectivity index (χ1n) is 8.60. The van der Waals surface area contributed by atoms with Crippen molar-refractivity contribution in [3.63, 3.8) is 0 Å². The van der Waals surface area contributed by atoms with E-state index in [1.54, 1.807) is 32.4 Å². The Labute approximate surface area is 162 Å². The molecular weight excluding hydrogens is 365 g/mol. The van der Waals surface area contributed by atoms with Gasteiger partial charge in [-0.05, 0) is 36.9 Å². The predicted octanol–water partition coefficient (Wildman–Crippen LogP) is 3.53. The van der Waals surface area contributed by atoms with Gasteiger partial charge in [0.05, 0.1) is 33.4 Å². The average Bonchev–Trinajstić information content (AvgIpc) is 3.15. The number of hydrogen-bond donors (Lipinski definition) is 0. The van der Waals surface area contributed by atoms with Crippen molar-refractivity contribution in [3.8, 4) is 28.6 Å². The van der Waals surface area contributed by atoms with Crippen molar-refractivity contribution in [1.29, 1.82) is 0 Å². The zero-order chi connectivity index (χ0) is 20.1. The molecule has 0 N–H and O–H groups in total. The standard InChI is InChI=1S/C20H22FN3O4/c1-24(11-13-5-8-17(26-3)16(21)9-13)12-19-22-20(23-28-19)15-7-6-14(25-2)10-18(15)27-4/h5-10H,11-12H2,1-4H3. The third-order valence-corrected chi connectivity index (χ3v) is 4.19. The van der Waals surface area contributed by atoms with Gasteiger partial charge in [-0.2, -0.15) is 4.98 Å². The molecule has 0 aliphatic rings. The Morgan fingerprint density at radius 2 is 1.75 bits per heavy atom. The molecule has 3 rings (SSSR count). The SMILES string of the molecule is COc1ccc(-c2noc(CN(C)Cc3ccc(OC)c(F)c3)n2)c(OC)c1. The van der Waals surface area contributed by atoms with E-state index in [0.717, 1.165) is 5.56 Å². The number of halogens is 1. The van der Waals surface area contributed by atoms with Crippen LogP contribution in [0.1, 0.15) is 11.5 Å². The molecule has 3 aromatic rings. The second kappa shape index (κ2) is 8.71. The summed E-state index contributed by atoms with van der Waals surface area (Å²) in [4.78, 5) is 6.39. The van der Waals surface area contributed by atoms with Crippen LogP contribution in [0.4, 0.5) is 4.39 Å². The van der Waals surface area contributed by atoms with E-state index in [1.165, 1.54) is 13.2 Å². The van der Waals surface area contributed by atoms with Gasteiger partial charge in [0.15, 0.2) is 11.6 Å². The molecule has 1 aromatic heterocycles. The van der Waals surface area contributed by atoms with Crippen molar-refractivity contribution in [3.05, 3.63) is 53.7 Å². The molecule has 1 heterocycles. The second-order valence-corrected chi connectivity index (χ2v) is 6.22. The Morgan fingerprint density at radius 1 is 0.964 bits per heavy atom. The van der Waals surface area contributed by atoms with Gasteiger partial charge < -0.3 is 18.7 Å². The summed E-state index contributed by atoms with van der Waals surface area (Å²) in [5, 5.41) is 4.04. The quantitative estimate of drug-likeness (QED) is 0.586. The van der Waals surface area contributed by atoms with Gasteiger partial charge >= 0.3 is 0 Å². The average molecular weight is 387 g/mol. The Hall–Kier alpha value is -3.13. The Balaban J connectivity index is 1.70. The van der Waals surface area contributed by atoms with Crippen LogP contribution in [0.5, 0.6) is 17.2 Å². The summed E-state index contributed by atoms with van der Waals surface area (Å²) in [5.74, 6) is 1.98. The Bertz CT molecular complexity index is 945. The molecule has 0 spiro atoms. The van der Waals surface area contributed by atoms with E-state index >= 15 is 0 Å². The zero-order valence-corrected chi connectivity index (χ0v) is 16.2. The maximum atomic E-state index is 13.8. The number of benzene rings is 2. The summed E-state index contributed by atoms with van der Waals surface area (Å²) in [6, 6.07) is 10.3. The smallest absolute Gasteiger partial charge is 0.241 e. The molecule has 7 nitrogen and oxygen atoms in total. The third kappa shape index (κ3) is 4.40. The van der Waals surface area contributed by atoms with Gasteiger partial charge in [-0.25, -0.2) is 4.39 Å². The fourth-order valence-electron chi connectivity index (χ4n) is 2.82. The van der Waals surface area contributed by atoms with Gasteiger partial charge in [0.25, 0.3) is 0 Å². The molecule has 0 saturated carbocycles. The molecule has 2 aromatic carbocycles. The minimum atomic E-state index is -0.389. The molecule has 28 heavy (non-hydrogen) atoms. The molecule has 0 fully saturated rings. The highest BCUT2D eigenvalue weighted by Gasteiger charge is 2.16. The maximum Gasteiger partial charge on any atom is 0.241 e. The molecule has 0 bridgehead atoms. The molecule has 0 aliphatic heterocycles. The van der Waals surface area contributed by atoms with E-state index in [0.29, 0.717) is 41.9 Å². The maximum absolute atomic E-state index is 13.8.